The van der Waals surface area contributed by atoms with Crippen molar-refractivity contribution in [2.24, 2.45) is 0 Å². The summed E-state index contributed by atoms with van der Waals surface area (Å²) >= 11 is 0. The molecule has 0 saturated carbocycles. The molecule has 4 rings (SSSR count). The molecule has 0 unspecified atom stereocenters. The molecule has 2 aromatic carbocycles. The Hall–Kier alpha value is -2.19. The van der Waals surface area contributed by atoms with Gasteiger partial charge in [0.1, 0.15) is 5.69 Å². The lowest BCUT2D eigenvalue weighted by Crippen LogP contribution is -2.37. The first-order valence-corrected chi connectivity index (χ1v) is 8.87. The van der Waals surface area contributed by atoms with E-state index in [9.17, 15) is 17.2 Å². The van der Waals surface area contributed by atoms with E-state index in [1.54, 1.807) is 18.2 Å². The molecule has 2 aliphatic heterocycles. The molecule has 2 aliphatic rings. The number of nitrogens with zero attached hydrogens (tertiary/aromatic N) is 2. The fourth-order valence-electron chi connectivity index (χ4n) is 2.84. The van der Waals surface area contributed by atoms with Crippen molar-refractivity contribution in [3.05, 3.63) is 54.1 Å². The van der Waals surface area contributed by atoms with Crippen LogP contribution in [0.15, 0.2) is 42.5 Å². The molecule has 0 aliphatic carbocycles. The summed E-state index contributed by atoms with van der Waals surface area (Å²) in [4.78, 5) is 0. The van der Waals surface area contributed by atoms with Gasteiger partial charge in [-0.05, 0) is 30.7 Å². The van der Waals surface area contributed by atoms with E-state index in [0.717, 1.165) is 16.4 Å². The van der Waals surface area contributed by atoms with E-state index in [2.05, 4.69) is 0 Å². The SMILES string of the molecule is O=S1(=O)N(CC[C@H]2CO2)c2ccccc2N1c1c(F)cccc1F. The third-order valence-electron chi connectivity index (χ3n) is 4.08. The average Bonchev–Trinajstić information content (AvgIpc) is 3.32. The average molecular weight is 352 g/mol. The van der Waals surface area contributed by atoms with Crippen molar-refractivity contribution >= 4 is 27.3 Å². The maximum atomic E-state index is 14.2. The minimum absolute atomic E-state index is 0.0478. The predicted octanol–water partition coefficient (Wildman–Crippen LogP) is 2.96. The molecule has 8 heteroatoms. The Labute approximate surface area is 138 Å². The Morgan fingerprint density at radius 2 is 1.67 bits per heavy atom. The number of para-hydroxylation sites is 3. The first-order chi connectivity index (χ1) is 11.5. The van der Waals surface area contributed by atoms with Crippen LogP contribution in [0.2, 0.25) is 0 Å². The Kier molecular flexibility index (Phi) is 3.47. The highest BCUT2D eigenvalue weighted by Gasteiger charge is 2.43. The van der Waals surface area contributed by atoms with Crippen molar-refractivity contribution in [2.45, 2.75) is 12.5 Å². The van der Waals surface area contributed by atoms with Crippen molar-refractivity contribution < 1.29 is 21.9 Å². The highest BCUT2D eigenvalue weighted by molar-refractivity contribution is 7.95. The summed E-state index contributed by atoms with van der Waals surface area (Å²) in [6.07, 6.45) is 0.577. The lowest BCUT2D eigenvalue weighted by Gasteiger charge is -2.22. The van der Waals surface area contributed by atoms with Crippen LogP contribution in [0.5, 0.6) is 0 Å². The van der Waals surface area contributed by atoms with Crippen molar-refractivity contribution in [3.63, 3.8) is 0 Å². The van der Waals surface area contributed by atoms with E-state index < -0.39 is 27.5 Å². The zero-order valence-corrected chi connectivity index (χ0v) is 13.3. The van der Waals surface area contributed by atoms with Crippen LogP contribution in [-0.2, 0) is 14.9 Å². The normalized spacial score (nSPS) is 21.0. The monoisotopic (exact) mass is 352 g/mol. The number of hydrogen-bond acceptors (Lipinski definition) is 3. The Morgan fingerprint density at radius 1 is 1.04 bits per heavy atom. The highest BCUT2D eigenvalue weighted by atomic mass is 32.2. The maximum absolute atomic E-state index is 14.2. The third-order valence-corrected chi connectivity index (χ3v) is 5.85. The summed E-state index contributed by atoms with van der Waals surface area (Å²) in [6.45, 7) is 0.803. The van der Waals surface area contributed by atoms with Gasteiger partial charge in [-0.2, -0.15) is 8.42 Å². The summed E-state index contributed by atoms with van der Waals surface area (Å²) in [6, 6.07) is 9.76. The number of epoxide rings is 1. The van der Waals surface area contributed by atoms with Gasteiger partial charge in [0.05, 0.1) is 24.1 Å². The Bertz CT molecular complexity index is 880. The fourth-order valence-corrected chi connectivity index (χ4v) is 4.59. The standard InChI is InChI=1S/C16H14F2N2O3S/c17-12-4-3-5-13(18)16(12)20-15-7-2-1-6-14(15)19(24(20,21)22)9-8-11-10-23-11/h1-7,11H,8-10H2/t11-/m0/s1. The number of benzene rings is 2. The molecule has 0 aromatic heterocycles. The van der Waals surface area contributed by atoms with Gasteiger partial charge in [-0.25, -0.2) is 13.1 Å². The summed E-state index contributed by atoms with van der Waals surface area (Å²) < 4.78 is 61.4. The van der Waals surface area contributed by atoms with Crippen LogP contribution in [-0.4, -0.2) is 27.7 Å². The van der Waals surface area contributed by atoms with E-state index in [1.165, 1.54) is 16.4 Å². The van der Waals surface area contributed by atoms with Crippen LogP contribution in [0, 0.1) is 11.6 Å². The molecule has 1 fully saturated rings. The second-order valence-electron chi connectivity index (χ2n) is 5.65. The van der Waals surface area contributed by atoms with Gasteiger partial charge in [-0.3, -0.25) is 4.31 Å². The molecule has 1 atom stereocenters. The number of halogens is 2. The van der Waals surface area contributed by atoms with Crippen molar-refractivity contribution in [3.8, 4) is 0 Å². The Morgan fingerprint density at radius 3 is 2.29 bits per heavy atom. The van der Waals surface area contributed by atoms with Crippen LogP contribution < -0.4 is 8.61 Å². The van der Waals surface area contributed by atoms with Crippen molar-refractivity contribution in [1.29, 1.82) is 0 Å². The maximum Gasteiger partial charge on any atom is 0.331 e. The number of anilines is 3. The molecule has 0 N–H and O–H groups in total. The minimum atomic E-state index is -4.12. The molecule has 24 heavy (non-hydrogen) atoms. The molecule has 1 saturated heterocycles. The molecule has 5 nitrogen and oxygen atoms in total. The fraction of sp³-hybridized carbons (Fsp3) is 0.250. The smallest absolute Gasteiger partial charge is 0.331 e. The van der Waals surface area contributed by atoms with Crippen molar-refractivity contribution in [1.82, 2.24) is 0 Å². The predicted molar refractivity (Wildman–Crippen MR) is 85.6 cm³/mol. The molecule has 126 valence electrons. The van der Waals surface area contributed by atoms with E-state index in [4.69, 9.17) is 4.74 Å². The molecular weight excluding hydrogens is 338 g/mol. The molecule has 0 spiro atoms. The first kappa shape index (κ1) is 15.3. The van der Waals surface area contributed by atoms with Crippen LogP contribution >= 0.6 is 0 Å². The molecule has 2 aromatic rings. The zero-order valence-electron chi connectivity index (χ0n) is 12.5. The number of ether oxygens (including phenoxy) is 1. The van der Waals surface area contributed by atoms with Gasteiger partial charge in [0.25, 0.3) is 0 Å². The lowest BCUT2D eigenvalue weighted by molar-refractivity contribution is 0.399. The van der Waals surface area contributed by atoms with Gasteiger partial charge in [0.15, 0.2) is 11.6 Å². The molecular formula is C16H14F2N2O3S. The third kappa shape index (κ3) is 2.33. The summed E-state index contributed by atoms with van der Waals surface area (Å²) in [5.74, 6) is -1.86. The van der Waals surface area contributed by atoms with Gasteiger partial charge < -0.3 is 4.74 Å². The second-order valence-corrected chi connectivity index (χ2v) is 7.35. The topological polar surface area (TPSA) is 53.2 Å². The van der Waals surface area contributed by atoms with Crippen molar-refractivity contribution in [2.75, 3.05) is 21.8 Å². The largest absolute Gasteiger partial charge is 0.373 e. The van der Waals surface area contributed by atoms with Crippen LogP contribution in [0.1, 0.15) is 6.42 Å². The zero-order chi connectivity index (χ0) is 16.9. The van der Waals surface area contributed by atoms with Gasteiger partial charge in [0, 0.05) is 6.54 Å². The molecule has 0 amide bonds. The number of rotatable bonds is 4. The molecule has 2 heterocycles. The summed E-state index contributed by atoms with van der Waals surface area (Å²) in [7, 11) is -4.12. The van der Waals surface area contributed by atoms with Crippen LogP contribution in [0.3, 0.4) is 0 Å². The van der Waals surface area contributed by atoms with E-state index in [-0.39, 0.29) is 18.3 Å². The van der Waals surface area contributed by atoms with Gasteiger partial charge in [-0.1, -0.05) is 18.2 Å². The number of fused-ring (bicyclic) bond motifs is 1. The first-order valence-electron chi connectivity index (χ1n) is 7.48. The quantitative estimate of drug-likeness (QED) is 0.795. The van der Waals surface area contributed by atoms with E-state index in [0.29, 0.717) is 18.7 Å². The second kappa shape index (κ2) is 5.42. The minimum Gasteiger partial charge on any atom is -0.373 e. The van der Waals surface area contributed by atoms with E-state index >= 15 is 0 Å². The molecule has 0 radical (unpaired) electrons. The van der Waals surface area contributed by atoms with Crippen LogP contribution in [0.25, 0.3) is 0 Å². The summed E-state index contributed by atoms with van der Waals surface area (Å²) in [5, 5.41) is 0. The lowest BCUT2D eigenvalue weighted by atomic mass is 10.2. The van der Waals surface area contributed by atoms with Gasteiger partial charge in [-0.15, -0.1) is 0 Å². The van der Waals surface area contributed by atoms with Crippen LogP contribution in [0.4, 0.5) is 25.8 Å². The van der Waals surface area contributed by atoms with E-state index in [1.807, 2.05) is 0 Å². The highest BCUT2D eigenvalue weighted by Crippen LogP contribution is 2.46. The molecule has 0 bridgehead atoms. The van der Waals surface area contributed by atoms with Gasteiger partial charge in [0.2, 0.25) is 0 Å². The summed E-state index contributed by atoms with van der Waals surface area (Å²) in [5.41, 5.74) is 0.0501. The van der Waals surface area contributed by atoms with Gasteiger partial charge >= 0.3 is 10.2 Å². The number of hydrogen-bond donors (Lipinski definition) is 0. The Balaban J connectivity index is 1.85.